The van der Waals surface area contributed by atoms with Gasteiger partial charge in [0.2, 0.25) is 9.84 Å². The van der Waals surface area contributed by atoms with E-state index in [2.05, 4.69) is 5.32 Å². The number of halogens is 1. The van der Waals surface area contributed by atoms with Crippen LogP contribution in [0.5, 0.6) is 5.75 Å². The van der Waals surface area contributed by atoms with Gasteiger partial charge in [0.25, 0.3) is 0 Å². The first-order valence-electron chi connectivity index (χ1n) is 11.8. The molecule has 0 amide bonds. The summed E-state index contributed by atoms with van der Waals surface area (Å²) in [6.07, 6.45) is -0.0573. The van der Waals surface area contributed by atoms with Crippen LogP contribution in [-0.4, -0.2) is 42.8 Å². The molecule has 7 nitrogen and oxygen atoms in total. The van der Waals surface area contributed by atoms with Crippen LogP contribution in [-0.2, 0) is 16.3 Å². The third-order valence-corrected chi connectivity index (χ3v) is 8.10. The average molecular weight is 552 g/mol. The molecule has 0 aliphatic heterocycles. The Labute approximate surface area is 225 Å². The second kappa shape index (κ2) is 11.8. The molecule has 0 saturated heterocycles. The zero-order chi connectivity index (χ0) is 27.3. The Morgan fingerprint density at radius 1 is 0.895 bits per heavy atom. The number of aromatic carboxylic acids is 1. The number of nitrogens with one attached hydrogen (secondary N) is 1. The number of carbonyl (C=O) groups is 1. The van der Waals surface area contributed by atoms with Gasteiger partial charge in [0.05, 0.1) is 21.5 Å². The molecule has 9 heteroatoms. The zero-order valence-electron chi connectivity index (χ0n) is 20.2. The first-order chi connectivity index (χ1) is 18.1. The topological polar surface area (TPSA) is 124 Å². The highest BCUT2D eigenvalue weighted by molar-refractivity contribution is 7.91. The highest BCUT2D eigenvalue weighted by Gasteiger charge is 2.20. The van der Waals surface area contributed by atoms with Crippen molar-refractivity contribution < 1.29 is 28.5 Å². The van der Waals surface area contributed by atoms with Gasteiger partial charge in [-0.05, 0) is 84.3 Å². The van der Waals surface area contributed by atoms with Crippen LogP contribution in [0.2, 0.25) is 5.02 Å². The highest BCUT2D eigenvalue weighted by Crippen LogP contribution is 2.33. The lowest BCUT2D eigenvalue weighted by Crippen LogP contribution is -2.23. The van der Waals surface area contributed by atoms with E-state index in [1.54, 1.807) is 42.5 Å². The molecule has 1 unspecified atom stereocenters. The Bertz CT molecular complexity index is 1550. The third-order valence-electron chi connectivity index (χ3n) is 6.10. The van der Waals surface area contributed by atoms with Crippen molar-refractivity contribution in [2.45, 2.75) is 22.3 Å². The molecule has 38 heavy (non-hydrogen) atoms. The SMILES string of the molecule is O=C(O)c1cccc(-c2ccc(S(=O)(=O)c3ccc(CCNCC(O)c4cccc(Cl)c4)cc3)cc2O)c1. The number of carboxylic acid groups (broad SMARTS) is 1. The van der Waals surface area contributed by atoms with Crippen LogP contribution < -0.4 is 5.32 Å². The molecular weight excluding hydrogens is 526 g/mol. The Kier molecular flexibility index (Phi) is 8.48. The molecule has 4 aromatic carbocycles. The lowest BCUT2D eigenvalue weighted by atomic mass is 10.0. The van der Waals surface area contributed by atoms with Gasteiger partial charge in [-0.2, -0.15) is 0 Å². The maximum absolute atomic E-state index is 13.1. The number of phenolic OH excluding ortho intramolecular Hbond substituents is 1. The number of carboxylic acids is 1. The fourth-order valence-electron chi connectivity index (χ4n) is 4.02. The van der Waals surface area contributed by atoms with Crippen molar-refractivity contribution >= 4 is 27.4 Å². The van der Waals surface area contributed by atoms with Crippen LogP contribution in [0.25, 0.3) is 11.1 Å². The third kappa shape index (κ3) is 6.41. The van der Waals surface area contributed by atoms with E-state index in [1.165, 1.54) is 42.5 Å². The number of benzene rings is 4. The number of phenols is 1. The lowest BCUT2D eigenvalue weighted by molar-refractivity contribution is 0.0697. The smallest absolute Gasteiger partial charge is 0.335 e. The summed E-state index contributed by atoms with van der Waals surface area (Å²) in [6, 6.07) is 23.6. The molecule has 0 spiro atoms. The molecule has 4 aromatic rings. The lowest BCUT2D eigenvalue weighted by Gasteiger charge is -2.13. The van der Waals surface area contributed by atoms with Gasteiger partial charge in [0.15, 0.2) is 0 Å². The van der Waals surface area contributed by atoms with Gasteiger partial charge in [-0.3, -0.25) is 0 Å². The monoisotopic (exact) mass is 551 g/mol. The number of aromatic hydroxyl groups is 1. The van der Waals surface area contributed by atoms with E-state index in [4.69, 9.17) is 11.6 Å². The number of hydrogen-bond donors (Lipinski definition) is 4. The quantitative estimate of drug-likeness (QED) is 0.202. The molecule has 4 N–H and O–H groups in total. The van der Waals surface area contributed by atoms with Crippen LogP contribution in [0.15, 0.2) is 101 Å². The minimum absolute atomic E-state index is 0.0613. The summed E-state index contributed by atoms with van der Waals surface area (Å²) >= 11 is 5.96. The predicted octanol–water partition coefficient (Wildman–Crippen LogP) is 5.11. The Morgan fingerprint density at radius 2 is 1.61 bits per heavy atom. The molecule has 0 bridgehead atoms. The average Bonchev–Trinajstić information content (AvgIpc) is 2.91. The highest BCUT2D eigenvalue weighted by atomic mass is 35.5. The van der Waals surface area contributed by atoms with Crippen LogP contribution in [0.4, 0.5) is 0 Å². The van der Waals surface area contributed by atoms with Crippen LogP contribution >= 0.6 is 11.6 Å². The first kappa shape index (κ1) is 27.3. The van der Waals surface area contributed by atoms with Gasteiger partial charge in [0.1, 0.15) is 5.75 Å². The molecule has 196 valence electrons. The van der Waals surface area contributed by atoms with E-state index < -0.39 is 21.9 Å². The van der Waals surface area contributed by atoms with E-state index in [-0.39, 0.29) is 21.1 Å². The Balaban J connectivity index is 1.39. The standard InChI is InChI=1S/C29H26ClNO6S/c30-23-6-2-4-21(16-23)28(33)18-31-14-13-19-7-9-24(10-8-19)38(36,37)25-11-12-26(27(32)17-25)20-3-1-5-22(15-20)29(34)35/h1-12,15-17,28,31-33H,13-14,18H2,(H,34,35). The van der Waals surface area contributed by atoms with Crippen LogP contribution in [0.3, 0.4) is 0 Å². The van der Waals surface area contributed by atoms with Crippen molar-refractivity contribution in [2.24, 2.45) is 0 Å². The second-order valence-corrected chi connectivity index (χ2v) is 11.1. The van der Waals surface area contributed by atoms with Crippen molar-refractivity contribution in [2.75, 3.05) is 13.1 Å². The molecule has 0 radical (unpaired) electrons. The summed E-state index contributed by atoms with van der Waals surface area (Å²) in [4.78, 5) is 11.3. The van der Waals surface area contributed by atoms with E-state index in [9.17, 15) is 28.5 Å². The zero-order valence-corrected chi connectivity index (χ0v) is 21.8. The first-order valence-corrected chi connectivity index (χ1v) is 13.7. The Hall–Kier alpha value is -3.69. The minimum atomic E-state index is -3.88. The number of rotatable bonds is 10. The molecule has 0 saturated carbocycles. The molecule has 0 aliphatic rings. The summed E-state index contributed by atoms with van der Waals surface area (Å²) < 4.78 is 26.3. The molecule has 0 aliphatic carbocycles. The summed E-state index contributed by atoms with van der Waals surface area (Å²) in [5.41, 5.74) is 2.50. The van der Waals surface area contributed by atoms with Gasteiger partial charge in [-0.1, -0.05) is 48.0 Å². The molecule has 0 fully saturated rings. The van der Waals surface area contributed by atoms with Crippen molar-refractivity contribution in [3.05, 3.63) is 113 Å². The summed E-state index contributed by atoms with van der Waals surface area (Å²) in [5, 5.41) is 33.8. The summed E-state index contributed by atoms with van der Waals surface area (Å²) in [5.74, 6) is -1.36. The number of aliphatic hydroxyl groups excluding tert-OH is 1. The maximum Gasteiger partial charge on any atom is 0.335 e. The van der Waals surface area contributed by atoms with Crippen molar-refractivity contribution in [3.63, 3.8) is 0 Å². The van der Waals surface area contributed by atoms with Crippen LogP contribution in [0, 0.1) is 0 Å². The molecular formula is C29H26ClNO6S. The van der Waals surface area contributed by atoms with Gasteiger partial charge in [0, 0.05) is 17.1 Å². The molecule has 0 aromatic heterocycles. The molecule has 4 rings (SSSR count). The van der Waals surface area contributed by atoms with E-state index in [1.807, 2.05) is 6.07 Å². The fourth-order valence-corrected chi connectivity index (χ4v) is 5.50. The summed E-state index contributed by atoms with van der Waals surface area (Å²) in [7, 11) is -3.88. The van der Waals surface area contributed by atoms with E-state index >= 15 is 0 Å². The van der Waals surface area contributed by atoms with E-state index in [0.717, 1.165) is 11.1 Å². The molecule has 0 heterocycles. The number of aliphatic hydroxyl groups is 1. The fraction of sp³-hybridized carbons (Fsp3) is 0.138. The van der Waals surface area contributed by atoms with Gasteiger partial charge in [-0.15, -0.1) is 0 Å². The second-order valence-electron chi connectivity index (χ2n) is 8.74. The van der Waals surface area contributed by atoms with Gasteiger partial charge < -0.3 is 20.6 Å². The maximum atomic E-state index is 13.1. The normalized spacial score (nSPS) is 12.3. The largest absolute Gasteiger partial charge is 0.507 e. The van der Waals surface area contributed by atoms with Gasteiger partial charge >= 0.3 is 5.97 Å². The Morgan fingerprint density at radius 3 is 2.29 bits per heavy atom. The predicted molar refractivity (Wildman–Crippen MR) is 145 cm³/mol. The van der Waals surface area contributed by atoms with Crippen LogP contribution in [0.1, 0.15) is 27.6 Å². The van der Waals surface area contributed by atoms with Crippen molar-refractivity contribution in [3.8, 4) is 16.9 Å². The summed E-state index contributed by atoms with van der Waals surface area (Å²) in [6.45, 7) is 0.940. The van der Waals surface area contributed by atoms with E-state index in [0.29, 0.717) is 35.7 Å². The molecule has 1 atom stereocenters. The van der Waals surface area contributed by atoms with Crippen molar-refractivity contribution in [1.29, 1.82) is 0 Å². The van der Waals surface area contributed by atoms with Crippen molar-refractivity contribution in [1.82, 2.24) is 5.32 Å². The number of sulfone groups is 1. The number of hydrogen-bond acceptors (Lipinski definition) is 6. The van der Waals surface area contributed by atoms with Gasteiger partial charge in [-0.25, -0.2) is 13.2 Å². The minimum Gasteiger partial charge on any atom is -0.507 e.